The Morgan fingerprint density at radius 3 is 2.71 bits per heavy atom. The molecule has 2 aliphatic heterocycles. The van der Waals surface area contributed by atoms with Crippen molar-refractivity contribution >= 4 is 22.2 Å². The number of nitrogens with zero attached hydrogens (tertiary/aromatic N) is 6. The zero-order valence-electron chi connectivity index (χ0n) is 20.3. The summed E-state index contributed by atoms with van der Waals surface area (Å²) in [5.41, 5.74) is 7.37. The molecule has 9 heteroatoms. The van der Waals surface area contributed by atoms with Crippen LogP contribution in [0, 0.1) is 5.82 Å². The van der Waals surface area contributed by atoms with Crippen LogP contribution in [0.5, 0.6) is 0 Å². The summed E-state index contributed by atoms with van der Waals surface area (Å²) in [6.45, 7) is 1.76. The van der Waals surface area contributed by atoms with Crippen LogP contribution in [-0.2, 0) is 0 Å². The van der Waals surface area contributed by atoms with Crippen LogP contribution in [0.4, 0.5) is 10.1 Å². The molecule has 0 amide bonds. The first kappa shape index (κ1) is 21.5. The summed E-state index contributed by atoms with van der Waals surface area (Å²) in [7, 11) is 0. The third kappa shape index (κ3) is 3.18. The fourth-order valence-corrected chi connectivity index (χ4v) is 6.06. The van der Waals surface area contributed by atoms with Gasteiger partial charge < -0.3 is 10.2 Å². The largest absolute Gasteiger partial charge is 0.363 e. The molecule has 2 saturated heterocycles. The number of fused-ring (bicyclic) bond motifs is 4. The van der Waals surface area contributed by atoms with Crippen LogP contribution in [0.25, 0.3) is 50.2 Å². The van der Waals surface area contributed by atoms with E-state index in [1.54, 1.807) is 24.7 Å². The number of pyridine rings is 1. The number of aromatic nitrogens is 6. The lowest BCUT2D eigenvalue weighted by atomic mass is 9.99. The Bertz CT molecular complexity index is 1830. The molecule has 186 valence electrons. The van der Waals surface area contributed by atoms with Crippen LogP contribution in [0.15, 0.2) is 79.4 Å². The summed E-state index contributed by atoms with van der Waals surface area (Å²) < 4.78 is 17.4. The molecule has 6 heterocycles. The number of anilines is 1. The van der Waals surface area contributed by atoms with Crippen molar-refractivity contribution in [2.75, 3.05) is 18.0 Å². The quantitative estimate of drug-likeness (QED) is 0.364. The van der Waals surface area contributed by atoms with E-state index in [0.717, 1.165) is 64.1 Å². The molecule has 2 atom stereocenters. The number of hydrogen-bond donors (Lipinski definition) is 2. The summed E-state index contributed by atoms with van der Waals surface area (Å²) in [6, 6.07) is 18.1. The Kier molecular flexibility index (Phi) is 4.62. The summed E-state index contributed by atoms with van der Waals surface area (Å²) >= 11 is 0. The van der Waals surface area contributed by atoms with Crippen molar-refractivity contribution in [1.29, 1.82) is 0 Å². The van der Waals surface area contributed by atoms with E-state index in [-0.39, 0.29) is 5.82 Å². The van der Waals surface area contributed by atoms with Gasteiger partial charge in [0, 0.05) is 60.3 Å². The molecule has 2 fully saturated rings. The normalized spacial score (nSPS) is 18.7. The van der Waals surface area contributed by atoms with Crippen molar-refractivity contribution in [1.82, 2.24) is 35.1 Å². The number of benzene rings is 2. The van der Waals surface area contributed by atoms with Gasteiger partial charge >= 0.3 is 0 Å². The standard InChI is InChI=1S/C29H23FN8/c30-23-12-18(4-5-26(23)37-16-19-13-20(37)14-33-19)25-8-11-32-29-27(21-2-1-3-24-22(21)15-34-35-24)28(36-38(25)29)17-6-9-31-10-7-17/h1-12,15,19-20,33H,13-14,16H2,(H,34,35)/t19-,20-/m0/s1. The van der Waals surface area contributed by atoms with E-state index < -0.39 is 0 Å². The maximum atomic E-state index is 15.5. The van der Waals surface area contributed by atoms with Crippen LogP contribution in [0.1, 0.15) is 6.42 Å². The number of aromatic amines is 1. The number of hydrogen-bond acceptors (Lipinski definition) is 6. The lowest BCUT2D eigenvalue weighted by Gasteiger charge is -2.30. The van der Waals surface area contributed by atoms with Crippen LogP contribution in [-0.4, -0.2) is 55.0 Å². The van der Waals surface area contributed by atoms with Crippen molar-refractivity contribution in [2.24, 2.45) is 0 Å². The van der Waals surface area contributed by atoms with Crippen molar-refractivity contribution in [3.8, 4) is 33.6 Å². The van der Waals surface area contributed by atoms with Gasteiger partial charge in [-0.15, -0.1) is 0 Å². The predicted octanol–water partition coefficient (Wildman–Crippen LogP) is 4.69. The molecule has 0 unspecified atom stereocenters. The Labute approximate surface area is 217 Å². The van der Waals surface area contributed by atoms with Gasteiger partial charge in [0.15, 0.2) is 5.65 Å². The zero-order chi connectivity index (χ0) is 25.2. The average molecular weight is 503 g/mol. The first-order chi connectivity index (χ1) is 18.7. The van der Waals surface area contributed by atoms with E-state index in [0.29, 0.717) is 23.4 Å². The lowest BCUT2D eigenvalue weighted by molar-refractivity contribution is 0.561. The van der Waals surface area contributed by atoms with Gasteiger partial charge in [-0.3, -0.25) is 10.1 Å². The summed E-state index contributed by atoms with van der Waals surface area (Å²) in [6.07, 6.45) is 8.17. The van der Waals surface area contributed by atoms with Crippen LogP contribution in [0.3, 0.4) is 0 Å². The smallest absolute Gasteiger partial charge is 0.164 e. The highest BCUT2D eigenvalue weighted by Gasteiger charge is 2.38. The van der Waals surface area contributed by atoms with Crippen molar-refractivity contribution in [2.45, 2.75) is 18.5 Å². The third-order valence-electron chi connectivity index (χ3n) is 7.84. The highest BCUT2D eigenvalue weighted by atomic mass is 19.1. The minimum atomic E-state index is -0.218. The van der Waals surface area contributed by atoms with E-state index in [2.05, 4.69) is 31.5 Å². The van der Waals surface area contributed by atoms with Crippen LogP contribution < -0.4 is 10.2 Å². The van der Waals surface area contributed by atoms with Gasteiger partial charge in [0.25, 0.3) is 0 Å². The van der Waals surface area contributed by atoms with Gasteiger partial charge in [-0.1, -0.05) is 18.2 Å². The first-order valence-electron chi connectivity index (χ1n) is 12.7. The maximum Gasteiger partial charge on any atom is 0.164 e. The Morgan fingerprint density at radius 1 is 0.974 bits per heavy atom. The molecule has 0 radical (unpaired) electrons. The second-order valence-electron chi connectivity index (χ2n) is 9.98. The van der Waals surface area contributed by atoms with Crippen LogP contribution in [0.2, 0.25) is 0 Å². The molecule has 0 spiro atoms. The average Bonchev–Trinajstić information content (AvgIpc) is 3.76. The monoisotopic (exact) mass is 502 g/mol. The molecule has 2 aliphatic rings. The Hall–Kier alpha value is -4.63. The van der Waals surface area contributed by atoms with Crippen molar-refractivity contribution in [3.63, 3.8) is 0 Å². The van der Waals surface area contributed by atoms with E-state index >= 15 is 4.39 Å². The summed E-state index contributed by atoms with van der Waals surface area (Å²) in [4.78, 5) is 11.1. The van der Waals surface area contributed by atoms with Gasteiger partial charge in [0.2, 0.25) is 0 Å². The van der Waals surface area contributed by atoms with E-state index in [4.69, 9.17) is 10.1 Å². The molecule has 4 aromatic heterocycles. The van der Waals surface area contributed by atoms with Gasteiger partial charge in [-0.25, -0.2) is 13.9 Å². The molecule has 0 saturated carbocycles. The molecule has 8 nitrogen and oxygen atoms in total. The van der Waals surface area contributed by atoms with Gasteiger partial charge in [0.05, 0.1) is 28.7 Å². The highest BCUT2D eigenvalue weighted by Crippen LogP contribution is 2.39. The Morgan fingerprint density at radius 2 is 1.89 bits per heavy atom. The Balaban J connectivity index is 1.32. The molecule has 0 aliphatic carbocycles. The van der Waals surface area contributed by atoms with E-state index in [1.165, 1.54) is 0 Å². The molecule has 8 rings (SSSR count). The molecular weight excluding hydrogens is 479 g/mol. The number of H-pyrrole nitrogens is 1. The first-order valence-corrected chi connectivity index (χ1v) is 12.7. The molecule has 2 aromatic carbocycles. The number of piperazine rings is 1. The molecule has 6 aromatic rings. The molecule has 38 heavy (non-hydrogen) atoms. The van der Waals surface area contributed by atoms with Gasteiger partial charge in [-0.2, -0.15) is 10.2 Å². The minimum Gasteiger partial charge on any atom is -0.363 e. The van der Waals surface area contributed by atoms with Crippen molar-refractivity contribution < 1.29 is 4.39 Å². The van der Waals surface area contributed by atoms with Crippen LogP contribution >= 0.6 is 0 Å². The lowest BCUT2D eigenvalue weighted by Crippen LogP contribution is -2.43. The second kappa shape index (κ2) is 8.19. The maximum absolute atomic E-state index is 15.5. The number of rotatable bonds is 4. The fourth-order valence-electron chi connectivity index (χ4n) is 6.06. The SMILES string of the molecule is Fc1cc(-c2ccnc3c(-c4cccc5[nH]ncc45)c(-c4ccncc4)nn23)ccc1N1C[C@@H]2C[C@H]1CN2. The number of nitrogens with one attached hydrogen (secondary N) is 2. The zero-order valence-corrected chi connectivity index (χ0v) is 20.3. The second-order valence-corrected chi connectivity index (χ2v) is 9.98. The fraction of sp³-hybridized carbons (Fsp3) is 0.172. The molecular formula is C29H23FN8. The van der Waals surface area contributed by atoms with E-state index in [1.807, 2.05) is 53.2 Å². The summed E-state index contributed by atoms with van der Waals surface area (Å²) in [5, 5.41) is 16.8. The molecule has 2 bridgehead atoms. The predicted molar refractivity (Wildman–Crippen MR) is 144 cm³/mol. The number of halogens is 1. The minimum absolute atomic E-state index is 0.218. The van der Waals surface area contributed by atoms with Gasteiger partial charge in [0.1, 0.15) is 11.5 Å². The highest BCUT2D eigenvalue weighted by molar-refractivity contribution is 6.02. The van der Waals surface area contributed by atoms with E-state index in [9.17, 15) is 0 Å². The molecule has 2 N–H and O–H groups in total. The summed E-state index contributed by atoms with van der Waals surface area (Å²) in [5.74, 6) is -0.218. The third-order valence-corrected chi connectivity index (χ3v) is 7.84. The van der Waals surface area contributed by atoms with Gasteiger partial charge in [-0.05, 0) is 48.4 Å². The topological polar surface area (TPSA) is 87.0 Å². The van der Waals surface area contributed by atoms with Crippen molar-refractivity contribution in [3.05, 3.63) is 85.2 Å².